The molecule has 0 saturated heterocycles. The average molecular weight is 251 g/mol. The van der Waals surface area contributed by atoms with E-state index in [4.69, 9.17) is 11.1 Å². The van der Waals surface area contributed by atoms with Crippen molar-refractivity contribution in [2.24, 2.45) is 5.73 Å². The van der Waals surface area contributed by atoms with Crippen molar-refractivity contribution in [1.29, 1.82) is 5.41 Å². The number of aromatic nitrogens is 3. The molecule has 0 aliphatic heterocycles. The Balaban J connectivity index is 2.25. The van der Waals surface area contributed by atoms with E-state index >= 15 is 0 Å². The van der Waals surface area contributed by atoms with Crippen LogP contribution in [-0.2, 0) is 0 Å². The lowest BCUT2D eigenvalue weighted by Gasteiger charge is -2.02. The van der Waals surface area contributed by atoms with Crippen molar-refractivity contribution in [1.82, 2.24) is 15.2 Å². The summed E-state index contributed by atoms with van der Waals surface area (Å²) in [6.45, 7) is 1.77. The molecule has 0 aliphatic carbocycles. The summed E-state index contributed by atoms with van der Waals surface area (Å²) in [5.74, 6) is 0.0765. The van der Waals surface area contributed by atoms with Crippen LogP contribution in [0.2, 0.25) is 0 Å². The molecular weight excluding hydrogens is 241 g/mol. The van der Waals surface area contributed by atoms with E-state index in [2.05, 4.69) is 15.2 Å². The molecule has 5 nitrogen and oxygen atoms in total. The van der Waals surface area contributed by atoms with Crippen molar-refractivity contribution in [2.45, 2.75) is 17.0 Å². The zero-order valence-corrected chi connectivity index (χ0v) is 9.81. The zero-order chi connectivity index (χ0) is 12.4. The second-order valence-corrected chi connectivity index (χ2v) is 4.37. The number of nitrogens with two attached hydrogens (primary N) is 1. The normalized spacial score (nSPS) is 10.5. The number of benzene rings is 1. The van der Waals surface area contributed by atoms with Crippen molar-refractivity contribution >= 4 is 17.6 Å². The predicted molar refractivity (Wildman–Crippen MR) is 62.7 cm³/mol. The molecule has 0 radical (unpaired) electrons. The standard InChI is InChI=1S/C10H10FN5S/c1-5-14-10(16-15-5)17-8-3-2-6(9(12)13)4-7(8)11/h2-4H,1H3,(H3,12,13)(H,14,15,16). The molecular formula is C10H10FN5S. The molecule has 0 fully saturated rings. The van der Waals surface area contributed by atoms with Gasteiger partial charge in [0.15, 0.2) is 0 Å². The van der Waals surface area contributed by atoms with Gasteiger partial charge >= 0.3 is 0 Å². The third-order valence-corrected chi connectivity index (χ3v) is 2.94. The molecule has 17 heavy (non-hydrogen) atoms. The highest BCUT2D eigenvalue weighted by Gasteiger charge is 2.09. The van der Waals surface area contributed by atoms with Crippen LogP contribution in [0.25, 0.3) is 0 Å². The molecule has 1 heterocycles. The second kappa shape index (κ2) is 4.54. The first-order valence-corrected chi connectivity index (χ1v) is 5.58. The predicted octanol–water partition coefficient (Wildman–Crippen LogP) is 1.69. The van der Waals surface area contributed by atoms with Gasteiger partial charge in [-0.2, -0.15) is 0 Å². The van der Waals surface area contributed by atoms with E-state index < -0.39 is 5.82 Å². The number of aryl methyl sites for hydroxylation is 1. The number of nitrogens with zero attached hydrogens (tertiary/aromatic N) is 2. The van der Waals surface area contributed by atoms with Gasteiger partial charge in [0.05, 0.1) is 4.90 Å². The van der Waals surface area contributed by atoms with Gasteiger partial charge in [-0.25, -0.2) is 9.37 Å². The van der Waals surface area contributed by atoms with Gasteiger partial charge in [-0.15, -0.1) is 5.10 Å². The van der Waals surface area contributed by atoms with Crippen LogP contribution in [0.5, 0.6) is 0 Å². The van der Waals surface area contributed by atoms with Crippen LogP contribution < -0.4 is 5.73 Å². The van der Waals surface area contributed by atoms with Gasteiger partial charge in [0.25, 0.3) is 0 Å². The number of H-pyrrole nitrogens is 1. The summed E-state index contributed by atoms with van der Waals surface area (Å²) in [5, 5.41) is 14.2. The summed E-state index contributed by atoms with van der Waals surface area (Å²) in [6.07, 6.45) is 0. The number of nitrogens with one attached hydrogen (secondary N) is 2. The second-order valence-electron chi connectivity index (χ2n) is 3.36. The van der Waals surface area contributed by atoms with Crippen LogP contribution in [0.4, 0.5) is 4.39 Å². The minimum atomic E-state index is -0.440. The fourth-order valence-corrected chi connectivity index (χ4v) is 1.98. The highest BCUT2D eigenvalue weighted by Crippen LogP contribution is 2.27. The Morgan fingerprint density at radius 1 is 1.53 bits per heavy atom. The number of hydrogen-bond donors (Lipinski definition) is 3. The molecule has 0 spiro atoms. The Morgan fingerprint density at radius 3 is 2.82 bits per heavy atom. The summed E-state index contributed by atoms with van der Waals surface area (Å²) in [4.78, 5) is 4.46. The van der Waals surface area contributed by atoms with Gasteiger partial charge in [-0.05, 0) is 36.9 Å². The number of halogens is 1. The Hall–Kier alpha value is -1.89. The summed E-state index contributed by atoms with van der Waals surface area (Å²) in [6, 6.07) is 4.37. The van der Waals surface area contributed by atoms with Crippen LogP contribution >= 0.6 is 11.8 Å². The molecule has 4 N–H and O–H groups in total. The van der Waals surface area contributed by atoms with Crippen LogP contribution in [-0.4, -0.2) is 21.0 Å². The molecule has 0 unspecified atom stereocenters. The Bertz CT molecular complexity index is 566. The van der Waals surface area contributed by atoms with Crippen LogP contribution in [0.1, 0.15) is 11.4 Å². The van der Waals surface area contributed by atoms with Crippen molar-refractivity contribution in [3.8, 4) is 0 Å². The quantitative estimate of drug-likeness (QED) is 0.571. The molecule has 0 aliphatic rings. The van der Waals surface area contributed by atoms with E-state index in [1.807, 2.05) is 0 Å². The van der Waals surface area contributed by atoms with Crippen molar-refractivity contribution < 1.29 is 4.39 Å². The lowest BCUT2D eigenvalue weighted by Crippen LogP contribution is -2.11. The topological polar surface area (TPSA) is 91.4 Å². The Morgan fingerprint density at radius 2 is 2.29 bits per heavy atom. The van der Waals surface area contributed by atoms with Crippen molar-refractivity contribution in [3.05, 3.63) is 35.4 Å². The lowest BCUT2D eigenvalue weighted by molar-refractivity contribution is 0.601. The molecule has 2 aromatic rings. The summed E-state index contributed by atoms with van der Waals surface area (Å²) in [7, 11) is 0. The SMILES string of the molecule is Cc1nc(Sc2ccc(C(=N)N)cc2F)n[nH]1. The van der Waals surface area contributed by atoms with E-state index in [-0.39, 0.29) is 5.84 Å². The molecule has 1 aromatic heterocycles. The summed E-state index contributed by atoms with van der Waals surface area (Å²) in [5.41, 5.74) is 5.63. The first-order chi connectivity index (χ1) is 8.06. The monoisotopic (exact) mass is 251 g/mol. The fourth-order valence-electron chi connectivity index (χ4n) is 1.22. The molecule has 0 saturated carbocycles. The minimum absolute atomic E-state index is 0.158. The average Bonchev–Trinajstić information content (AvgIpc) is 2.67. The number of amidine groups is 1. The highest BCUT2D eigenvalue weighted by molar-refractivity contribution is 7.99. The van der Waals surface area contributed by atoms with Crippen LogP contribution in [0.3, 0.4) is 0 Å². The molecule has 0 bridgehead atoms. The maximum atomic E-state index is 13.7. The van der Waals surface area contributed by atoms with Gasteiger partial charge in [0, 0.05) is 5.56 Å². The third kappa shape index (κ3) is 2.62. The number of aromatic amines is 1. The van der Waals surface area contributed by atoms with Crippen molar-refractivity contribution in [2.75, 3.05) is 0 Å². The van der Waals surface area contributed by atoms with E-state index in [9.17, 15) is 4.39 Å². The molecule has 2 rings (SSSR count). The molecule has 0 atom stereocenters. The maximum Gasteiger partial charge on any atom is 0.213 e. The summed E-state index contributed by atoms with van der Waals surface area (Å²) < 4.78 is 13.7. The molecule has 7 heteroatoms. The highest BCUT2D eigenvalue weighted by atomic mass is 32.2. The number of nitrogen functional groups attached to an aromatic ring is 1. The van der Waals surface area contributed by atoms with E-state index in [1.54, 1.807) is 19.1 Å². The fraction of sp³-hybridized carbons (Fsp3) is 0.100. The molecule has 1 aromatic carbocycles. The van der Waals surface area contributed by atoms with E-state index in [1.165, 1.54) is 6.07 Å². The Labute approximate surface area is 101 Å². The first-order valence-electron chi connectivity index (χ1n) is 4.77. The van der Waals surface area contributed by atoms with Gasteiger partial charge in [-0.3, -0.25) is 10.5 Å². The van der Waals surface area contributed by atoms with Crippen LogP contribution in [0, 0.1) is 18.2 Å². The van der Waals surface area contributed by atoms with Gasteiger partial charge in [0.1, 0.15) is 17.5 Å². The maximum absolute atomic E-state index is 13.7. The van der Waals surface area contributed by atoms with Gasteiger partial charge in [-0.1, -0.05) is 0 Å². The Kier molecular flexibility index (Phi) is 3.10. The van der Waals surface area contributed by atoms with Gasteiger partial charge in [0.2, 0.25) is 5.16 Å². The molecule has 88 valence electrons. The number of rotatable bonds is 3. The first kappa shape index (κ1) is 11.6. The van der Waals surface area contributed by atoms with Crippen LogP contribution in [0.15, 0.2) is 28.3 Å². The minimum Gasteiger partial charge on any atom is -0.384 e. The smallest absolute Gasteiger partial charge is 0.213 e. The summed E-state index contributed by atoms with van der Waals surface area (Å²) >= 11 is 1.12. The number of hydrogen-bond acceptors (Lipinski definition) is 4. The van der Waals surface area contributed by atoms with Crippen molar-refractivity contribution in [3.63, 3.8) is 0 Å². The largest absolute Gasteiger partial charge is 0.384 e. The van der Waals surface area contributed by atoms with Gasteiger partial charge < -0.3 is 5.73 Å². The molecule has 0 amide bonds. The van der Waals surface area contributed by atoms with E-state index in [0.717, 1.165) is 11.8 Å². The van der Waals surface area contributed by atoms with E-state index in [0.29, 0.717) is 21.4 Å². The zero-order valence-electron chi connectivity index (χ0n) is 8.99. The lowest BCUT2D eigenvalue weighted by atomic mass is 10.2. The third-order valence-electron chi connectivity index (χ3n) is 2.02.